The molecule has 0 amide bonds. The second-order valence-electron chi connectivity index (χ2n) is 14.8. The summed E-state index contributed by atoms with van der Waals surface area (Å²) >= 11 is 0. The molecular weight excluding hydrogens is 1030 g/mol. The van der Waals surface area contributed by atoms with Crippen molar-refractivity contribution < 1.29 is 126 Å². The maximum Gasteiger partial charge on any atom is 0.481 e. The van der Waals surface area contributed by atoms with E-state index < -0.39 is 137 Å². The van der Waals surface area contributed by atoms with Crippen LogP contribution in [0.5, 0.6) is 0 Å². The molecule has 0 aromatic carbocycles. The number of rotatable bonds is 42. The highest BCUT2D eigenvalue weighted by Crippen LogP contribution is 2.59. The average Bonchev–Trinajstić information content (AvgIpc) is 3.36. The molecule has 1 aliphatic carbocycles. The SMILES string of the molecule is CCCCO[C@@H]1[C@H](OCCCC)[C@@H](OP(=O)(OCOC(=O)CC)OCOC(=O)CC)[C@H](OCCCC)[C@@H](OP(=O)(OCOC(=O)CC)OCOC(=O)CC)[C@@H]1OP(=O)(OCOC(=O)CC)OCOC(=O)CC. The van der Waals surface area contributed by atoms with Gasteiger partial charge in [0, 0.05) is 58.3 Å². The summed E-state index contributed by atoms with van der Waals surface area (Å²) in [6, 6.07) is 0. The molecule has 0 spiro atoms. The zero-order chi connectivity index (χ0) is 54.0. The highest BCUT2D eigenvalue weighted by molar-refractivity contribution is 7.49. The fourth-order valence-electron chi connectivity index (χ4n) is 5.44. The predicted octanol–water partition coefficient (Wildman–Crippen LogP) is 7.60. The van der Waals surface area contributed by atoms with E-state index >= 15 is 0 Å². The number of hydrogen-bond donors (Lipinski definition) is 0. The molecule has 0 saturated heterocycles. The minimum Gasteiger partial charge on any atom is -0.438 e. The second kappa shape index (κ2) is 37.7. The zero-order valence-corrected chi connectivity index (χ0v) is 45.4. The maximum absolute atomic E-state index is 15.0. The van der Waals surface area contributed by atoms with Crippen molar-refractivity contribution in [1.82, 2.24) is 0 Å². The van der Waals surface area contributed by atoms with Gasteiger partial charge in [-0.25, -0.2) is 40.8 Å². The van der Waals surface area contributed by atoms with E-state index in [-0.39, 0.29) is 58.3 Å². The molecule has 30 heteroatoms. The molecule has 0 aromatic heterocycles. The van der Waals surface area contributed by atoms with Gasteiger partial charge in [0.15, 0.2) is 0 Å². The number of unbranched alkanes of at least 4 members (excludes halogenated alkanes) is 3. The van der Waals surface area contributed by atoms with E-state index in [1.807, 2.05) is 20.8 Å². The van der Waals surface area contributed by atoms with Crippen LogP contribution in [0.1, 0.15) is 139 Å². The van der Waals surface area contributed by atoms with Crippen molar-refractivity contribution >= 4 is 59.3 Å². The summed E-state index contributed by atoms with van der Waals surface area (Å²) in [7, 11) is -15.8. The van der Waals surface area contributed by atoms with Gasteiger partial charge in [0.2, 0.25) is 40.8 Å². The summed E-state index contributed by atoms with van der Waals surface area (Å²) in [5, 5.41) is 0. The van der Waals surface area contributed by atoms with Crippen molar-refractivity contribution in [2.75, 3.05) is 60.6 Å². The molecule has 6 atom stereocenters. The van der Waals surface area contributed by atoms with Gasteiger partial charge in [-0.15, -0.1) is 0 Å². The van der Waals surface area contributed by atoms with Crippen molar-refractivity contribution in [2.45, 2.75) is 176 Å². The molecule has 0 heterocycles. The molecule has 0 aromatic rings. The highest BCUT2D eigenvalue weighted by Gasteiger charge is 2.61. The number of esters is 6. The molecule has 420 valence electrons. The van der Waals surface area contributed by atoms with E-state index in [9.17, 15) is 42.5 Å². The Kier molecular flexibility index (Phi) is 35.1. The lowest BCUT2D eigenvalue weighted by Gasteiger charge is -2.49. The van der Waals surface area contributed by atoms with Crippen LogP contribution in [0.2, 0.25) is 0 Å². The van der Waals surface area contributed by atoms with Crippen molar-refractivity contribution in [3.8, 4) is 0 Å². The van der Waals surface area contributed by atoms with E-state index in [1.54, 1.807) is 0 Å². The molecule has 1 rings (SSSR count). The summed E-state index contributed by atoms with van der Waals surface area (Å²) in [4.78, 5) is 73.2. The Morgan fingerprint density at radius 1 is 0.306 bits per heavy atom. The average molecular weight is 1100 g/mol. The summed E-state index contributed by atoms with van der Waals surface area (Å²) in [5.74, 6) is -4.84. The minimum absolute atomic E-state index is 0.0935. The molecule has 0 radical (unpaired) electrons. The Hall–Kier alpha value is -2.97. The summed E-state index contributed by atoms with van der Waals surface area (Å²) in [6.45, 7) is 7.48. The monoisotopic (exact) mass is 1100 g/mol. The number of hydrogen-bond acceptors (Lipinski definition) is 27. The first-order chi connectivity index (χ1) is 34.4. The number of phosphoric acid groups is 3. The van der Waals surface area contributed by atoms with Crippen LogP contribution < -0.4 is 0 Å². The maximum atomic E-state index is 15.0. The van der Waals surface area contributed by atoms with E-state index in [1.165, 1.54) is 41.5 Å². The molecule has 0 unspecified atom stereocenters. The third kappa shape index (κ3) is 26.5. The van der Waals surface area contributed by atoms with Crippen molar-refractivity contribution in [3.63, 3.8) is 0 Å². The van der Waals surface area contributed by atoms with Crippen molar-refractivity contribution in [1.29, 1.82) is 0 Å². The molecular formula is C42H75O27P3. The van der Waals surface area contributed by atoms with Gasteiger partial charge in [0.1, 0.15) is 36.6 Å². The van der Waals surface area contributed by atoms with Crippen LogP contribution in [0, 0.1) is 0 Å². The number of ether oxygens (including phenoxy) is 9. The Bertz CT molecular complexity index is 1670. The largest absolute Gasteiger partial charge is 0.481 e. The van der Waals surface area contributed by atoms with Gasteiger partial charge in [-0.05, 0) is 19.3 Å². The minimum atomic E-state index is -5.35. The van der Waals surface area contributed by atoms with E-state index in [0.29, 0.717) is 38.5 Å². The van der Waals surface area contributed by atoms with Crippen LogP contribution in [0.4, 0.5) is 0 Å². The van der Waals surface area contributed by atoms with Gasteiger partial charge < -0.3 is 42.6 Å². The lowest BCUT2D eigenvalue weighted by Crippen LogP contribution is -2.67. The first-order valence-electron chi connectivity index (χ1n) is 23.9. The molecule has 0 aliphatic heterocycles. The zero-order valence-electron chi connectivity index (χ0n) is 42.7. The van der Waals surface area contributed by atoms with E-state index in [2.05, 4.69) is 0 Å². The van der Waals surface area contributed by atoms with Crippen LogP contribution in [0.15, 0.2) is 0 Å². The normalized spacial score (nSPS) is 19.3. The Labute approximate surface area is 420 Å². The van der Waals surface area contributed by atoms with Gasteiger partial charge in [-0.1, -0.05) is 81.6 Å². The first-order valence-corrected chi connectivity index (χ1v) is 28.3. The smallest absolute Gasteiger partial charge is 0.438 e. The van der Waals surface area contributed by atoms with Gasteiger partial charge in [0.05, 0.1) is 0 Å². The van der Waals surface area contributed by atoms with Crippen LogP contribution in [0.25, 0.3) is 0 Å². The molecule has 1 aliphatic rings. The second-order valence-corrected chi connectivity index (χ2v) is 19.7. The van der Waals surface area contributed by atoms with Crippen LogP contribution in [-0.4, -0.2) is 133 Å². The summed E-state index contributed by atoms with van der Waals surface area (Å²) in [5.41, 5.74) is 0. The molecule has 0 bridgehead atoms. The van der Waals surface area contributed by atoms with Crippen molar-refractivity contribution in [2.24, 2.45) is 0 Å². The van der Waals surface area contributed by atoms with Crippen LogP contribution in [-0.2, 0) is 126 Å². The van der Waals surface area contributed by atoms with E-state index in [4.69, 9.17) is 83.3 Å². The Morgan fingerprint density at radius 3 is 0.667 bits per heavy atom. The Morgan fingerprint density at radius 2 is 0.486 bits per heavy atom. The standard InChI is InChI=1S/C42H75O27P3/c1-10-19-22-52-37-38(53-23-20-11-2)41(68-71(50,63-27-57-33(45)15-6)64-28-58-34(46)16-7)42(69-72(51,65-29-59-35(47)17-8)66-30-60-36(48)18-9)39(54-24-21-12-3)40(37)67-70(49,61-25-55-31(43)13-4)62-26-56-32(44)14-5/h37-42H,10-30H2,1-9H3/t37-,38+,39-,40+,41+,42+/m0/s1. The number of carbonyl (C=O) groups excluding carboxylic acids is 6. The molecule has 1 saturated carbocycles. The molecule has 72 heavy (non-hydrogen) atoms. The van der Waals surface area contributed by atoms with Crippen molar-refractivity contribution in [3.05, 3.63) is 0 Å². The van der Waals surface area contributed by atoms with E-state index in [0.717, 1.165) is 0 Å². The Balaban J connectivity index is 4.52. The van der Waals surface area contributed by atoms with Gasteiger partial charge in [0.25, 0.3) is 0 Å². The topological polar surface area (TPSA) is 320 Å². The predicted molar refractivity (Wildman–Crippen MR) is 245 cm³/mol. The lowest BCUT2D eigenvalue weighted by molar-refractivity contribution is -0.251. The summed E-state index contributed by atoms with van der Waals surface area (Å²) in [6.07, 6.45) is -9.50. The van der Waals surface area contributed by atoms with Gasteiger partial charge in [-0.2, -0.15) is 0 Å². The van der Waals surface area contributed by atoms with Gasteiger partial charge >= 0.3 is 59.3 Å². The summed E-state index contributed by atoms with van der Waals surface area (Å²) < 4.78 is 145. The van der Waals surface area contributed by atoms with Crippen LogP contribution >= 0.6 is 23.5 Å². The fraction of sp³-hybridized carbons (Fsp3) is 0.857. The fourth-order valence-corrected chi connectivity index (χ4v) is 8.73. The number of carbonyl (C=O) groups is 6. The third-order valence-electron chi connectivity index (χ3n) is 9.44. The van der Waals surface area contributed by atoms with Gasteiger partial charge in [-0.3, -0.25) is 42.3 Å². The molecule has 27 nitrogen and oxygen atoms in total. The molecule has 0 N–H and O–H groups in total. The lowest BCUT2D eigenvalue weighted by atomic mass is 9.84. The van der Waals surface area contributed by atoms with Crippen LogP contribution in [0.3, 0.4) is 0 Å². The molecule has 1 fully saturated rings. The first kappa shape index (κ1) is 67.0. The highest BCUT2D eigenvalue weighted by atomic mass is 31.2. The third-order valence-corrected chi connectivity index (χ3v) is 13.5. The number of phosphoric ester groups is 3. The quantitative estimate of drug-likeness (QED) is 0.0187.